The second-order valence-electron chi connectivity index (χ2n) is 5.39. The minimum atomic E-state index is -0.516. The summed E-state index contributed by atoms with van der Waals surface area (Å²) in [6, 6.07) is 7.39. The van der Waals surface area contributed by atoms with Gasteiger partial charge >= 0.3 is 0 Å². The number of carbonyl (C=O) groups is 2. The molecule has 18 heavy (non-hydrogen) atoms. The standard InChI is InChI=1S/C14H16N2O2/c1-14(2)13(18)16-9-15(14)8-7-12(17)10-5-3-4-6-11(10)16/h3-6H,7-9H2,1-2H3. The van der Waals surface area contributed by atoms with Crippen LogP contribution >= 0.6 is 0 Å². The summed E-state index contributed by atoms with van der Waals surface area (Å²) in [5.74, 6) is 0.190. The molecule has 0 spiro atoms. The van der Waals surface area contributed by atoms with Gasteiger partial charge in [-0.1, -0.05) is 12.1 Å². The Balaban J connectivity index is 2.17. The zero-order valence-corrected chi connectivity index (χ0v) is 10.6. The van der Waals surface area contributed by atoms with E-state index in [2.05, 4.69) is 4.90 Å². The molecule has 0 aromatic heterocycles. The van der Waals surface area contributed by atoms with Crippen LogP contribution in [0.1, 0.15) is 30.6 Å². The molecule has 1 saturated heterocycles. The summed E-state index contributed by atoms with van der Waals surface area (Å²) in [6.45, 7) is 5.07. The van der Waals surface area contributed by atoms with Crippen molar-refractivity contribution < 1.29 is 9.59 Å². The van der Waals surface area contributed by atoms with Gasteiger partial charge in [-0.25, -0.2) is 0 Å². The second kappa shape index (κ2) is 3.65. The monoisotopic (exact) mass is 244 g/mol. The maximum atomic E-state index is 12.5. The first-order valence-electron chi connectivity index (χ1n) is 6.21. The smallest absolute Gasteiger partial charge is 0.248 e. The Labute approximate surface area is 106 Å². The number of carbonyl (C=O) groups excluding carboxylic acids is 2. The third kappa shape index (κ3) is 1.42. The summed E-state index contributed by atoms with van der Waals surface area (Å²) < 4.78 is 0. The fraction of sp³-hybridized carbons (Fsp3) is 0.429. The van der Waals surface area contributed by atoms with Crippen LogP contribution in [-0.4, -0.2) is 35.3 Å². The highest BCUT2D eigenvalue weighted by atomic mass is 16.2. The average Bonchev–Trinajstić information content (AvgIpc) is 2.58. The molecule has 2 heterocycles. The molecule has 1 aromatic rings. The highest BCUT2D eigenvalue weighted by Gasteiger charge is 2.47. The van der Waals surface area contributed by atoms with E-state index in [1.165, 1.54) is 0 Å². The molecule has 4 heteroatoms. The number of rotatable bonds is 0. The summed E-state index contributed by atoms with van der Waals surface area (Å²) in [5, 5.41) is 0. The van der Waals surface area contributed by atoms with E-state index in [1.807, 2.05) is 38.1 Å². The van der Waals surface area contributed by atoms with E-state index in [0.717, 1.165) is 5.69 Å². The van der Waals surface area contributed by atoms with Crippen molar-refractivity contribution in [3.63, 3.8) is 0 Å². The molecular weight excluding hydrogens is 228 g/mol. The molecule has 2 aliphatic rings. The van der Waals surface area contributed by atoms with Crippen molar-refractivity contribution >= 4 is 17.4 Å². The first-order valence-corrected chi connectivity index (χ1v) is 6.21. The van der Waals surface area contributed by atoms with E-state index in [1.54, 1.807) is 4.90 Å². The van der Waals surface area contributed by atoms with Gasteiger partial charge in [0.25, 0.3) is 0 Å². The number of hydrogen-bond acceptors (Lipinski definition) is 3. The Morgan fingerprint density at radius 1 is 1.17 bits per heavy atom. The minimum absolute atomic E-state index is 0.0738. The largest absolute Gasteiger partial charge is 0.297 e. The maximum Gasteiger partial charge on any atom is 0.248 e. The molecule has 2 bridgehead atoms. The van der Waals surface area contributed by atoms with Crippen molar-refractivity contribution in [3.05, 3.63) is 29.8 Å². The summed E-state index contributed by atoms with van der Waals surface area (Å²) in [5.41, 5.74) is 0.906. The van der Waals surface area contributed by atoms with Crippen LogP contribution in [-0.2, 0) is 4.79 Å². The highest BCUT2D eigenvalue weighted by Crippen LogP contribution is 2.34. The Morgan fingerprint density at radius 3 is 2.67 bits per heavy atom. The quantitative estimate of drug-likeness (QED) is 0.697. The number of benzene rings is 1. The topological polar surface area (TPSA) is 40.6 Å². The normalized spacial score (nSPS) is 25.7. The number of anilines is 1. The molecule has 1 unspecified atom stereocenters. The fourth-order valence-corrected chi connectivity index (χ4v) is 2.73. The lowest BCUT2D eigenvalue weighted by atomic mass is 10.0. The molecule has 0 aliphatic carbocycles. The van der Waals surface area contributed by atoms with Gasteiger partial charge in [0.15, 0.2) is 5.78 Å². The number of nitrogens with zero attached hydrogens (tertiary/aromatic N) is 2. The lowest BCUT2D eigenvalue weighted by Crippen LogP contribution is -2.43. The molecule has 1 fully saturated rings. The number of Topliss-reactive ketones (excluding diaryl/α,β-unsaturated/α-hetero) is 1. The van der Waals surface area contributed by atoms with Crippen molar-refractivity contribution in [3.8, 4) is 0 Å². The van der Waals surface area contributed by atoms with E-state index in [4.69, 9.17) is 0 Å². The highest BCUT2D eigenvalue weighted by molar-refractivity contribution is 6.09. The lowest BCUT2D eigenvalue weighted by Gasteiger charge is -2.27. The Morgan fingerprint density at radius 2 is 1.89 bits per heavy atom. The zero-order chi connectivity index (χ0) is 12.9. The van der Waals surface area contributed by atoms with E-state index in [9.17, 15) is 9.59 Å². The third-order valence-corrected chi connectivity index (χ3v) is 3.98. The minimum Gasteiger partial charge on any atom is -0.297 e. The van der Waals surface area contributed by atoms with Crippen LogP contribution in [0, 0.1) is 0 Å². The first kappa shape index (κ1) is 11.4. The van der Waals surface area contributed by atoms with Crippen LogP contribution in [0.4, 0.5) is 5.69 Å². The summed E-state index contributed by atoms with van der Waals surface area (Å²) >= 11 is 0. The van der Waals surface area contributed by atoms with Gasteiger partial charge in [-0.2, -0.15) is 0 Å². The molecular formula is C14H16N2O2. The number of fused-ring (bicyclic) bond motifs is 4. The molecule has 0 N–H and O–H groups in total. The van der Waals surface area contributed by atoms with Gasteiger partial charge < -0.3 is 0 Å². The molecule has 3 rings (SSSR count). The molecule has 1 amide bonds. The maximum absolute atomic E-state index is 12.5. The van der Waals surface area contributed by atoms with Crippen molar-refractivity contribution in [1.82, 2.24) is 4.90 Å². The van der Waals surface area contributed by atoms with Gasteiger partial charge in [0.1, 0.15) is 0 Å². The van der Waals surface area contributed by atoms with Crippen molar-refractivity contribution in [2.75, 3.05) is 18.1 Å². The second-order valence-corrected chi connectivity index (χ2v) is 5.39. The molecule has 4 nitrogen and oxygen atoms in total. The number of hydrogen-bond donors (Lipinski definition) is 0. The van der Waals surface area contributed by atoms with E-state index in [0.29, 0.717) is 25.2 Å². The fourth-order valence-electron chi connectivity index (χ4n) is 2.73. The third-order valence-electron chi connectivity index (χ3n) is 3.98. The van der Waals surface area contributed by atoms with Gasteiger partial charge in [0, 0.05) is 18.5 Å². The Hall–Kier alpha value is -1.68. The van der Waals surface area contributed by atoms with Crippen LogP contribution in [0.3, 0.4) is 0 Å². The summed E-state index contributed by atoms with van der Waals surface area (Å²) in [7, 11) is 0. The zero-order valence-electron chi connectivity index (χ0n) is 10.6. The lowest BCUT2D eigenvalue weighted by molar-refractivity contribution is -0.123. The van der Waals surface area contributed by atoms with Gasteiger partial charge in [-0.15, -0.1) is 0 Å². The molecule has 94 valence electrons. The number of para-hydroxylation sites is 1. The van der Waals surface area contributed by atoms with Gasteiger partial charge in [-0.05, 0) is 26.0 Å². The van der Waals surface area contributed by atoms with E-state index >= 15 is 0 Å². The van der Waals surface area contributed by atoms with Crippen LogP contribution in [0.5, 0.6) is 0 Å². The molecule has 0 saturated carbocycles. The van der Waals surface area contributed by atoms with Crippen LogP contribution in [0.25, 0.3) is 0 Å². The number of ketones is 1. The first-order chi connectivity index (χ1) is 8.51. The summed E-state index contributed by atoms with van der Waals surface area (Å²) in [4.78, 5) is 28.4. The SMILES string of the molecule is CC1(C)C(=O)N2CN1CCC(=O)c1ccccc12. The van der Waals surface area contributed by atoms with Crippen LogP contribution in [0.15, 0.2) is 24.3 Å². The van der Waals surface area contributed by atoms with Gasteiger partial charge in [0.05, 0.1) is 17.9 Å². The predicted molar refractivity (Wildman–Crippen MR) is 68.5 cm³/mol. The van der Waals surface area contributed by atoms with E-state index < -0.39 is 5.54 Å². The van der Waals surface area contributed by atoms with E-state index in [-0.39, 0.29) is 11.7 Å². The number of amides is 1. The predicted octanol–water partition coefficient (Wildman–Crippen LogP) is 1.66. The van der Waals surface area contributed by atoms with Crippen LogP contribution in [0.2, 0.25) is 0 Å². The van der Waals surface area contributed by atoms with Gasteiger partial charge in [-0.3, -0.25) is 19.4 Å². The average molecular weight is 244 g/mol. The van der Waals surface area contributed by atoms with Crippen molar-refractivity contribution in [2.45, 2.75) is 25.8 Å². The Kier molecular flexibility index (Phi) is 2.32. The molecule has 1 atom stereocenters. The molecule has 1 aromatic carbocycles. The molecule has 0 radical (unpaired) electrons. The van der Waals surface area contributed by atoms with Crippen LogP contribution < -0.4 is 4.90 Å². The molecule has 2 aliphatic heterocycles. The Bertz CT molecular complexity index is 536. The van der Waals surface area contributed by atoms with Crippen molar-refractivity contribution in [2.24, 2.45) is 0 Å². The van der Waals surface area contributed by atoms with Gasteiger partial charge in [0.2, 0.25) is 5.91 Å². The summed E-state index contributed by atoms with van der Waals surface area (Å²) in [6.07, 6.45) is 0.474. The van der Waals surface area contributed by atoms with Crippen molar-refractivity contribution in [1.29, 1.82) is 0 Å².